The lowest BCUT2D eigenvalue weighted by atomic mass is 10.2. The zero-order chi connectivity index (χ0) is 18.3. The van der Waals surface area contributed by atoms with Crippen molar-refractivity contribution in [3.05, 3.63) is 109 Å². The summed E-state index contributed by atoms with van der Waals surface area (Å²) in [7, 11) is 0. The van der Waals surface area contributed by atoms with Crippen molar-refractivity contribution in [2.75, 3.05) is 0 Å². The smallest absolute Gasteiger partial charge is 0.0398 e. The Hall–Kier alpha value is -2.34. The highest BCUT2D eigenvalue weighted by molar-refractivity contribution is 5.11. The molecule has 0 heteroatoms. The zero-order valence-corrected chi connectivity index (χ0v) is 16.0. The lowest BCUT2D eigenvalue weighted by Gasteiger charge is -1.82. The van der Waals surface area contributed by atoms with E-state index in [1.807, 2.05) is 105 Å². The summed E-state index contributed by atoms with van der Waals surface area (Å²) in [6, 6.07) is 34.3. The van der Waals surface area contributed by atoms with Crippen molar-refractivity contribution in [3.63, 3.8) is 0 Å². The predicted molar refractivity (Wildman–Crippen MR) is 111 cm³/mol. The molecular formula is C24H34. The standard InChI is InChI=1S/C7H8.2C6H6.C3H8.C2H6/c1-7-5-3-2-4-6-7;2*1-2-4-6-5-3-1;1-3-2;1-2/h2-6H,1H3;2*1-6H;3H2,1-2H3;1-2H3. The Labute approximate surface area is 150 Å². The molecule has 0 aliphatic rings. The van der Waals surface area contributed by atoms with Crippen LogP contribution in [0.25, 0.3) is 0 Å². The SMILES string of the molecule is CC.CCC.Cc1ccccc1.c1ccccc1.c1ccccc1. The summed E-state index contributed by atoms with van der Waals surface area (Å²) >= 11 is 0. The Morgan fingerprint density at radius 3 is 0.750 bits per heavy atom. The molecular weight excluding hydrogens is 288 g/mol. The van der Waals surface area contributed by atoms with Gasteiger partial charge in [-0.05, 0) is 6.92 Å². The van der Waals surface area contributed by atoms with E-state index in [1.54, 1.807) is 0 Å². The minimum atomic E-state index is 1.25. The molecule has 3 aromatic rings. The Morgan fingerprint density at radius 1 is 0.458 bits per heavy atom. The first kappa shape index (κ1) is 23.9. The van der Waals surface area contributed by atoms with E-state index < -0.39 is 0 Å². The van der Waals surface area contributed by atoms with E-state index in [9.17, 15) is 0 Å². The molecule has 0 bridgehead atoms. The molecule has 0 aliphatic heterocycles. The Morgan fingerprint density at radius 2 is 0.625 bits per heavy atom. The molecule has 24 heavy (non-hydrogen) atoms. The van der Waals surface area contributed by atoms with E-state index >= 15 is 0 Å². The minimum Gasteiger partial charge on any atom is -0.0683 e. The number of hydrogen-bond donors (Lipinski definition) is 0. The molecule has 0 unspecified atom stereocenters. The lowest BCUT2D eigenvalue weighted by molar-refractivity contribution is 1.09. The zero-order valence-electron chi connectivity index (χ0n) is 16.0. The third kappa shape index (κ3) is 21.9. The first-order valence-electron chi connectivity index (χ1n) is 8.82. The van der Waals surface area contributed by atoms with Crippen LogP contribution < -0.4 is 0 Å². The summed E-state index contributed by atoms with van der Waals surface area (Å²) in [5.74, 6) is 0. The van der Waals surface area contributed by atoms with E-state index in [0.717, 1.165) is 0 Å². The number of hydrogen-bond acceptors (Lipinski definition) is 0. The predicted octanol–water partition coefficient (Wildman–Crippen LogP) is 7.81. The molecule has 0 amide bonds. The summed E-state index contributed by atoms with van der Waals surface area (Å²) < 4.78 is 0. The van der Waals surface area contributed by atoms with Crippen LogP contribution in [0, 0.1) is 6.92 Å². The molecule has 0 aliphatic carbocycles. The van der Waals surface area contributed by atoms with Crippen LogP contribution >= 0.6 is 0 Å². The maximum atomic E-state index is 2.12. The van der Waals surface area contributed by atoms with E-state index in [0.29, 0.717) is 0 Å². The van der Waals surface area contributed by atoms with Crippen molar-refractivity contribution in [1.29, 1.82) is 0 Å². The molecule has 0 spiro atoms. The molecule has 0 fully saturated rings. The summed E-state index contributed by atoms with van der Waals surface area (Å²) in [4.78, 5) is 0. The highest BCUT2D eigenvalue weighted by atomic mass is 13.8. The van der Waals surface area contributed by atoms with Gasteiger partial charge in [-0.15, -0.1) is 0 Å². The van der Waals surface area contributed by atoms with Crippen molar-refractivity contribution < 1.29 is 0 Å². The van der Waals surface area contributed by atoms with Crippen LogP contribution in [0.4, 0.5) is 0 Å². The third-order valence-corrected chi connectivity index (χ3v) is 2.27. The van der Waals surface area contributed by atoms with Gasteiger partial charge in [0.1, 0.15) is 0 Å². The van der Waals surface area contributed by atoms with Crippen LogP contribution in [0.1, 0.15) is 39.7 Å². The van der Waals surface area contributed by atoms with Gasteiger partial charge in [0.15, 0.2) is 0 Å². The summed E-state index contributed by atoms with van der Waals surface area (Å²) in [5.41, 5.74) is 1.32. The van der Waals surface area contributed by atoms with Gasteiger partial charge in [-0.25, -0.2) is 0 Å². The van der Waals surface area contributed by atoms with Crippen LogP contribution in [-0.2, 0) is 0 Å². The third-order valence-electron chi connectivity index (χ3n) is 2.27. The molecule has 3 rings (SSSR count). The van der Waals surface area contributed by atoms with Crippen molar-refractivity contribution in [1.82, 2.24) is 0 Å². The quantitative estimate of drug-likeness (QED) is 0.396. The van der Waals surface area contributed by atoms with Crippen molar-refractivity contribution in [2.24, 2.45) is 0 Å². The van der Waals surface area contributed by atoms with Gasteiger partial charge in [-0.3, -0.25) is 0 Å². The fraction of sp³-hybridized carbons (Fsp3) is 0.250. The fourth-order valence-electron chi connectivity index (χ4n) is 1.30. The molecule has 0 radical (unpaired) electrons. The van der Waals surface area contributed by atoms with Crippen LogP contribution in [0.3, 0.4) is 0 Å². The fourth-order valence-corrected chi connectivity index (χ4v) is 1.30. The average molecular weight is 323 g/mol. The Balaban J connectivity index is 0. The lowest BCUT2D eigenvalue weighted by Crippen LogP contribution is -1.62. The minimum absolute atomic E-state index is 1.25. The van der Waals surface area contributed by atoms with E-state index in [2.05, 4.69) is 32.9 Å². The van der Waals surface area contributed by atoms with Gasteiger partial charge >= 0.3 is 0 Å². The van der Waals surface area contributed by atoms with Crippen LogP contribution in [0.15, 0.2) is 103 Å². The maximum absolute atomic E-state index is 2.12. The first-order chi connectivity index (χ1) is 11.8. The molecule has 130 valence electrons. The molecule has 0 heterocycles. The second-order valence-corrected chi connectivity index (χ2v) is 4.67. The van der Waals surface area contributed by atoms with E-state index in [-0.39, 0.29) is 0 Å². The molecule has 3 aromatic carbocycles. The summed E-state index contributed by atoms with van der Waals surface area (Å²) in [5, 5.41) is 0. The molecule has 0 aromatic heterocycles. The molecule has 0 nitrogen and oxygen atoms in total. The highest BCUT2D eigenvalue weighted by Gasteiger charge is 1.72. The topological polar surface area (TPSA) is 0 Å². The number of rotatable bonds is 0. The summed E-state index contributed by atoms with van der Waals surface area (Å²) in [6.07, 6.45) is 1.25. The van der Waals surface area contributed by atoms with Gasteiger partial charge in [-0.1, -0.05) is 143 Å². The van der Waals surface area contributed by atoms with Gasteiger partial charge in [0.05, 0.1) is 0 Å². The van der Waals surface area contributed by atoms with Crippen molar-refractivity contribution in [3.8, 4) is 0 Å². The number of aryl methyl sites for hydroxylation is 1. The monoisotopic (exact) mass is 322 g/mol. The van der Waals surface area contributed by atoms with Crippen molar-refractivity contribution in [2.45, 2.75) is 41.0 Å². The van der Waals surface area contributed by atoms with Crippen LogP contribution in [0.5, 0.6) is 0 Å². The molecule has 0 saturated heterocycles. The largest absolute Gasteiger partial charge is 0.0683 e. The van der Waals surface area contributed by atoms with Gasteiger partial charge in [0, 0.05) is 0 Å². The van der Waals surface area contributed by atoms with Gasteiger partial charge in [0.2, 0.25) is 0 Å². The van der Waals surface area contributed by atoms with Crippen LogP contribution in [-0.4, -0.2) is 0 Å². The second-order valence-electron chi connectivity index (χ2n) is 4.67. The Kier molecular flexibility index (Phi) is 22.9. The number of benzene rings is 3. The van der Waals surface area contributed by atoms with Gasteiger partial charge < -0.3 is 0 Å². The van der Waals surface area contributed by atoms with Gasteiger partial charge in [-0.2, -0.15) is 0 Å². The normalized spacial score (nSPS) is 7.54. The molecule has 0 atom stereocenters. The Bertz CT molecular complexity index is 415. The first-order valence-corrected chi connectivity index (χ1v) is 8.82. The van der Waals surface area contributed by atoms with Gasteiger partial charge in [0.25, 0.3) is 0 Å². The molecule has 0 saturated carbocycles. The highest BCUT2D eigenvalue weighted by Crippen LogP contribution is 1.92. The summed E-state index contributed by atoms with van der Waals surface area (Å²) in [6.45, 7) is 10.3. The molecule has 0 N–H and O–H groups in total. The average Bonchev–Trinajstić information content (AvgIpc) is 2.68. The van der Waals surface area contributed by atoms with Crippen molar-refractivity contribution >= 4 is 0 Å². The van der Waals surface area contributed by atoms with Crippen LogP contribution in [0.2, 0.25) is 0 Å². The second kappa shape index (κ2) is 22.9. The van der Waals surface area contributed by atoms with E-state index in [1.165, 1.54) is 12.0 Å². The van der Waals surface area contributed by atoms with E-state index in [4.69, 9.17) is 0 Å². The maximum Gasteiger partial charge on any atom is -0.0398 e.